The van der Waals surface area contributed by atoms with E-state index in [1.165, 1.54) is 16.7 Å². The van der Waals surface area contributed by atoms with Crippen LogP contribution in [-0.2, 0) is 6.54 Å². The lowest BCUT2D eigenvalue weighted by Gasteiger charge is -2.26. The molecule has 0 saturated heterocycles. The van der Waals surface area contributed by atoms with E-state index in [1.54, 1.807) is 0 Å². The van der Waals surface area contributed by atoms with Gasteiger partial charge in [0.25, 0.3) is 0 Å². The number of anilines is 1. The van der Waals surface area contributed by atoms with Crippen molar-refractivity contribution in [2.75, 3.05) is 18.8 Å². The van der Waals surface area contributed by atoms with E-state index < -0.39 is 0 Å². The van der Waals surface area contributed by atoms with Gasteiger partial charge in [0, 0.05) is 43.8 Å². The van der Waals surface area contributed by atoms with Gasteiger partial charge in [-0.15, -0.1) is 0 Å². The zero-order chi connectivity index (χ0) is 15.5. The molecule has 3 heterocycles. The summed E-state index contributed by atoms with van der Waals surface area (Å²) in [5.41, 5.74) is 10.8. The molecule has 2 N–H and O–H groups in total. The Morgan fingerprint density at radius 3 is 2.77 bits per heavy atom. The van der Waals surface area contributed by atoms with Crippen molar-refractivity contribution in [3.8, 4) is 0 Å². The van der Waals surface area contributed by atoms with Crippen LogP contribution in [0, 0.1) is 13.8 Å². The van der Waals surface area contributed by atoms with Gasteiger partial charge in [-0.1, -0.05) is 6.08 Å². The Balaban J connectivity index is 1.68. The molecule has 3 rings (SSSR count). The number of aromatic nitrogens is 3. The molecule has 1 aliphatic rings. The van der Waals surface area contributed by atoms with E-state index in [1.807, 2.05) is 25.5 Å². The van der Waals surface area contributed by atoms with Gasteiger partial charge in [-0.3, -0.25) is 9.88 Å². The molecular weight excluding hydrogens is 274 g/mol. The molecule has 0 aromatic carbocycles. The quantitative estimate of drug-likeness (QED) is 0.941. The summed E-state index contributed by atoms with van der Waals surface area (Å²) in [5.74, 6) is 1.30. The normalized spacial score (nSPS) is 15.6. The molecule has 0 saturated carbocycles. The predicted molar refractivity (Wildman–Crippen MR) is 88.0 cm³/mol. The largest absolute Gasteiger partial charge is 0.383 e. The van der Waals surface area contributed by atoms with Gasteiger partial charge in [0.05, 0.1) is 0 Å². The van der Waals surface area contributed by atoms with E-state index in [4.69, 9.17) is 5.73 Å². The molecule has 2 aromatic rings. The number of nitrogen functional groups attached to an aromatic ring is 1. The molecule has 0 radical (unpaired) electrons. The zero-order valence-corrected chi connectivity index (χ0v) is 13.1. The monoisotopic (exact) mass is 295 g/mol. The minimum atomic E-state index is 0.588. The lowest BCUT2D eigenvalue weighted by Crippen LogP contribution is -2.28. The summed E-state index contributed by atoms with van der Waals surface area (Å²) in [6.07, 6.45) is 8.98. The van der Waals surface area contributed by atoms with Gasteiger partial charge < -0.3 is 5.73 Å². The summed E-state index contributed by atoms with van der Waals surface area (Å²) < 4.78 is 0. The van der Waals surface area contributed by atoms with Gasteiger partial charge in [0.15, 0.2) is 0 Å². The van der Waals surface area contributed by atoms with Gasteiger partial charge >= 0.3 is 0 Å². The zero-order valence-electron chi connectivity index (χ0n) is 13.1. The molecule has 0 unspecified atom stereocenters. The van der Waals surface area contributed by atoms with Gasteiger partial charge in [-0.25, -0.2) is 9.97 Å². The summed E-state index contributed by atoms with van der Waals surface area (Å²) in [4.78, 5) is 15.1. The number of pyridine rings is 1. The van der Waals surface area contributed by atoms with Crippen molar-refractivity contribution in [3.63, 3.8) is 0 Å². The van der Waals surface area contributed by atoms with Crippen LogP contribution < -0.4 is 5.73 Å². The van der Waals surface area contributed by atoms with E-state index >= 15 is 0 Å². The lowest BCUT2D eigenvalue weighted by atomic mass is 10.00. The second-order valence-corrected chi connectivity index (χ2v) is 5.79. The van der Waals surface area contributed by atoms with Crippen LogP contribution >= 0.6 is 0 Å². The third kappa shape index (κ3) is 3.31. The Bertz CT molecular complexity index is 708. The Labute approximate surface area is 130 Å². The molecule has 0 aliphatic carbocycles. The number of nitrogens with zero attached hydrogens (tertiary/aromatic N) is 4. The van der Waals surface area contributed by atoms with Crippen LogP contribution in [-0.4, -0.2) is 32.9 Å². The third-order valence-electron chi connectivity index (χ3n) is 3.95. The van der Waals surface area contributed by atoms with Crippen LogP contribution in [0.25, 0.3) is 5.57 Å². The van der Waals surface area contributed by atoms with Crippen molar-refractivity contribution in [2.24, 2.45) is 0 Å². The highest BCUT2D eigenvalue weighted by atomic mass is 15.1. The number of nitrogens with two attached hydrogens (primary N) is 1. The number of aryl methyl sites for hydroxylation is 2. The highest BCUT2D eigenvalue weighted by molar-refractivity contribution is 5.66. The maximum absolute atomic E-state index is 5.97. The van der Waals surface area contributed by atoms with E-state index in [0.717, 1.165) is 31.6 Å². The fourth-order valence-corrected chi connectivity index (χ4v) is 2.72. The van der Waals surface area contributed by atoms with Crippen molar-refractivity contribution in [2.45, 2.75) is 26.8 Å². The average Bonchev–Trinajstić information content (AvgIpc) is 2.51. The fraction of sp³-hybridized carbons (Fsp3) is 0.353. The van der Waals surface area contributed by atoms with E-state index in [-0.39, 0.29) is 0 Å². The van der Waals surface area contributed by atoms with E-state index in [0.29, 0.717) is 11.6 Å². The Hall–Kier alpha value is -2.27. The van der Waals surface area contributed by atoms with Gasteiger partial charge in [-0.2, -0.15) is 0 Å². The molecule has 2 aromatic heterocycles. The SMILES string of the molecule is Cc1cncc(C2=CCN(Cc3cnc(C)nc3N)CC2)c1. The molecule has 114 valence electrons. The first-order valence-electron chi connectivity index (χ1n) is 7.53. The number of hydrogen-bond donors (Lipinski definition) is 1. The average molecular weight is 295 g/mol. The lowest BCUT2D eigenvalue weighted by molar-refractivity contribution is 0.293. The smallest absolute Gasteiger partial charge is 0.131 e. The minimum Gasteiger partial charge on any atom is -0.383 e. The topological polar surface area (TPSA) is 67.9 Å². The standard InChI is InChI=1S/C17H21N5/c1-12-7-15(9-19-8-12)14-3-5-22(6-4-14)11-16-10-20-13(2)21-17(16)18/h3,7-10H,4-6,11H2,1-2H3,(H2,18,20,21). The predicted octanol–water partition coefficient (Wildman–Crippen LogP) is 2.36. The summed E-state index contributed by atoms with van der Waals surface area (Å²) in [7, 11) is 0. The van der Waals surface area contributed by atoms with Crippen LogP contribution in [0.2, 0.25) is 0 Å². The number of rotatable bonds is 3. The molecular formula is C17H21N5. The maximum Gasteiger partial charge on any atom is 0.131 e. The summed E-state index contributed by atoms with van der Waals surface area (Å²) >= 11 is 0. The second-order valence-electron chi connectivity index (χ2n) is 5.79. The van der Waals surface area contributed by atoms with Crippen LogP contribution in [0.5, 0.6) is 0 Å². The first-order chi connectivity index (χ1) is 10.6. The van der Waals surface area contributed by atoms with Crippen molar-refractivity contribution in [1.82, 2.24) is 19.9 Å². The maximum atomic E-state index is 5.97. The highest BCUT2D eigenvalue weighted by Crippen LogP contribution is 2.23. The molecule has 5 nitrogen and oxygen atoms in total. The third-order valence-corrected chi connectivity index (χ3v) is 3.95. The summed E-state index contributed by atoms with van der Waals surface area (Å²) in [6, 6.07) is 2.19. The van der Waals surface area contributed by atoms with Gasteiger partial charge in [0.2, 0.25) is 0 Å². The summed E-state index contributed by atoms with van der Waals surface area (Å²) in [6.45, 7) is 6.64. The van der Waals surface area contributed by atoms with Gasteiger partial charge in [0.1, 0.15) is 11.6 Å². The Kier molecular flexibility index (Phi) is 4.15. The van der Waals surface area contributed by atoms with E-state index in [9.17, 15) is 0 Å². The molecule has 22 heavy (non-hydrogen) atoms. The first kappa shape index (κ1) is 14.7. The molecule has 0 fully saturated rings. The Morgan fingerprint density at radius 1 is 1.23 bits per heavy atom. The Morgan fingerprint density at radius 2 is 2.09 bits per heavy atom. The molecule has 0 amide bonds. The minimum absolute atomic E-state index is 0.588. The van der Waals surface area contributed by atoms with E-state index in [2.05, 4.69) is 38.9 Å². The van der Waals surface area contributed by atoms with Crippen LogP contribution in [0.15, 0.2) is 30.7 Å². The molecule has 0 bridgehead atoms. The van der Waals surface area contributed by atoms with Gasteiger partial charge in [-0.05, 0) is 43.0 Å². The van der Waals surface area contributed by atoms with Crippen molar-refractivity contribution >= 4 is 11.4 Å². The van der Waals surface area contributed by atoms with Crippen LogP contribution in [0.4, 0.5) is 5.82 Å². The second kappa shape index (κ2) is 6.23. The molecule has 5 heteroatoms. The van der Waals surface area contributed by atoms with Crippen molar-refractivity contribution in [3.05, 3.63) is 53.2 Å². The van der Waals surface area contributed by atoms with Crippen LogP contribution in [0.3, 0.4) is 0 Å². The fourth-order valence-electron chi connectivity index (χ4n) is 2.72. The van der Waals surface area contributed by atoms with Crippen LogP contribution in [0.1, 0.15) is 28.9 Å². The molecule has 0 spiro atoms. The van der Waals surface area contributed by atoms with Crippen molar-refractivity contribution < 1.29 is 0 Å². The highest BCUT2D eigenvalue weighted by Gasteiger charge is 2.15. The molecule has 1 aliphatic heterocycles. The van der Waals surface area contributed by atoms with Crippen molar-refractivity contribution in [1.29, 1.82) is 0 Å². The number of hydrogen-bond acceptors (Lipinski definition) is 5. The summed E-state index contributed by atoms with van der Waals surface area (Å²) in [5, 5.41) is 0. The first-order valence-corrected chi connectivity index (χ1v) is 7.53. The molecule has 0 atom stereocenters.